The number of rotatable bonds is 3. The van der Waals surface area contributed by atoms with Crippen molar-refractivity contribution in [3.05, 3.63) is 41.2 Å². The summed E-state index contributed by atoms with van der Waals surface area (Å²) >= 11 is 0. The van der Waals surface area contributed by atoms with Crippen LogP contribution in [0.1, 0.15) is 34.6 Å². The molecule has 7 nitrogen and oxygen atoms in total. The molecular weight excluding hydrogens is 387 g/mol. The number of ether oxygens (including phenoxy) is 1. The average Bonchev–Trinajstić information content (AvgIpc) is 3.10. The quantitative estimate of drug-likeness (QED) is 0.787. The van der Waals surface area contributed by atoms with Crippen LogP contribution in [0, 0.1) is 0 Å². The van der Waals surface area contributed by atoms with Gasteiger partial charge >= 0.3 is 6.18 Å². The standard InChI is InChI=1S/C19H22F3N5O2/c1-29-14-4-2-13(3-5-14)27-16-15(17(24-27)19(20,21)22)8-11-26(18(16)28)12-6-9-25(23)10-7-12/h2-5,12H,6-11,23H2,1H3. The number of piperidine rings is 1. The lowest BCUT2D eigenvalue weighted by atomic mass is 9.97. The number of fused-ring (bicyclic) bond motifs is 1. The van der Waals surface area contributed by atoms with E-state index in [9.17, 15) is 18.0 Å². The molecule has 2 N–H and O–H groups in total. The third kappa shape index (κ3) is 3.58. The lowest BCUT2D eigenvalue weighted by molar-refractivity contribution is -0.142. The Morgan fingerprint density at radius 3 is 2.38 bits per heavy atom. The first-order valence-electron chi connectivity index (χ1n) is 9.43. The zero-order valence-corrected chi connectivity index (χ0v) is 15.9. The Labute approximate surface area is 165 Å². The van der Waals surface area contributed by atoms with Crippen molar-refractivity contribution in [2.24, 2.45) is 5.84 Å². The van der Waals surface area contributed by atoms with E-state index in [-0.39, 0.29) is 30.3 Å². The number of carbonyl (C=O) groups is 1. The first-order valence-corrected chi connectivity index (χ1v) is 9.43. The fraction of sp³-hybridized carbons (Fsp3) is 0.474. The first kappa shape index (κ1) is 19.7. The second-order valence-corrected chi connectivity index (χ2v) is 7.30. The Balaban J connectivity index is 1.76. The molecule has 1 saturated heterocycles. The topological polar surface area (TPSA) is 76.6 Å². The van der Waals surface area contributed by atoms with Gasteiger partial charge in [0.25, 0.3) is 5.91 Å². The average molecular weight is 409 g/mol. The van der Waals surface area contributed by atoms with Crippen LogP contribution in [0.15, 0.2) is 24.3 Å². The van der Waals surface area contributed by atoms with E-state index in [0.29, 0.717) is 37.4 Å². The highest BCUT2D eigenvalue weighted by Gasteiger charge is 2.44. The molecule has 2 aliphatic heterocycles. The molecule has 2 aliphatic rings. The lowest BCUT2D eigenvalue weighted by Gasteiger charge is -2.39. The molecule has 156 valence electrons. The van der Waals surface area contributed by atoms with Crippen LogP contribution >= 0.6 is 0 Å². The highest BCUT2D eigenvalue weighted by atomic mass is 19.4. The number of alkyl halides is 3. The minimum atomic E-state index is -4.63. The van der Waals surface area contributed by atoms with Crippen molar-refractivity contribution in [1.82, 2.24) is 19.7 Å². The molecule has 10 heteroatoms. The lowest BCUT2D eigenvalue weighted by Crippen LogP contribution is -2.51. The minimum absolute atomic E-state index is 0.0103. The van der Waals surface area contributed by atoms with Crippen molar-refractivity contribution in [3.8, 4) is 11.4 Å². The predicted octanol–water partition coefficient (Wildman–Crippen LogP) is 2.24. The maximum atomic E-state index is 13.6. The van der Waals surface area contributed by atoms with Crippen LogP contribution in [0.3, 0.4) is 0 Å². The number of hydrogen-bond donors (Lipinski definition) is 1. The Hall–Kier alpha value is -2.59. The van der Waals surface area contributed by atoms with Gasteiger partial charge in [-0.1, -0.05) is 0 Å². The second kappa shape index (κ2) is 7.34. The van der Waals surface area contributed by atoms with E-state index in [1.807, 2.05) is 0 Å². The summed E-state index contributed by atoms with van der Waals surface area (Å²) in [7, 11) is 1.50. The van der Waals surface area contributed by atoms with Crippen LogP contribution in [0.5, 0.6) is 5.75 Å². The van der Waals surface area contributed by atoms with Gasteiger partial charge in [-0.05, 0) is 43.5 Å². The van der Waals surface area contributed by atoms with Crippen molar-refractivity contribution >= 4 is 5.91 Å². The van der Waals surface area contributed by atoms with Gasteiger partial charge in [-0.2, -0.15) is 18.3 Å². The van der Waals surface area contributed by atoms with E-state index >= 15 is 0 Å². The van der Waals surface area contributed by atoms with E-state index < -0.39 is 17.8 Å². The summed E-state index contributed by atoms with van der Waals surface area (Å²) in [6, 6.07) is 6.39. The van der Waals surface area contributed by atoms with Crippen molar-refractivity contribution in [2.75, 3.05) is 26.7 Å². The molecule has 0 saturated carbocycles. The molecule has 29 heavy (non-hydrogen) atoms. The summed E-state index contributed by atoms with van der Waals surface area (Å²) in [6.07, 6.45) is -3.12. The van der Waals surface area contributed by atoms with Gasteiger partial charge in [-0.15, -0.1) is 0 Å². The summed E-state index contributed by atoms with van der Waals surface area (Å²) in [4.78, 5) is 15.0. The number of methoxy groups -OCH3 is 1. The summed E-state index contributed by atoms with van der Waals surface area (Å²) in [5.41, 5.74) is -0.660. The first-order chi connectivity index (χ1) is 13.8. The van der Waals surface area contributed by atoms with Gasteiger partial charge in [-0.3, -0.25) is 10.6 Å². The number of halogens is 3. The molecule has 4 rings (SSSR count). The van der Waals surface area contributed by atoms with Gasteiger partial charge in [0.15, 0.2) is 5.69 Å². The van der Waals surface area contributed by atoms with E-state index in [1.165, 1.54) is 7.11 Å². The number of amides is 1. The Bertz CT molecular complexity index is 902. The summed E-state index contributed by atoms with van der Waals surface area (Å²) < 4.78 is 47.0. The number of carbonyl (C=O) groups excluding carboxylic acids is 1. The Morgan fingerprint density at radius 2 is 1.79 bits per heavy atom. The molecule has 0 atom stereocenters. The SMILES string of the molecule is COc1ccc(-n2nc(C(F)(F)F)c3c2C(=O)N(C2CCN(N)CC2)CC3)cc1. The molecule has 0 radical (unpaired) electrons. The number of nitrogens with two attached hydrogens (primary N) is 1. The number of hydrogen-bond acceptors (Lipinski definition) is 5. The molecule has 0 bridgehead atoms. The molecule has 0 unspecified atom stereocenters. The summed E-state index contributed by atoms with van der Waals surface area (Å²) in [5, 5.41) is 5.50. The number of aromatic nitrogens is 2. The summed E-state index contributed by atoms with van der Waals surface area (Å²) in [5.74, 6) is 5.94. The second-order valence-electron chi connectivity index (χ2n) is 7.30. The van der Waals surface area contributed by atoms with Gasteiger partial charge in [0, 0.05) is 31.2 Å². The highest BCUT2D eigenvalue weighted by Crippen LogP contribution is 2.37. The molecule has 0 spiro atoms. The Morgan fingerprint density at radius 1 is 1.14 bits per heavy atom. The van der Waals surface area contributed by atoms with Gasteiger partial charge in [-0.25, -0.2) is 9.69 Å². The van der Waals surface area contributed by atoms with E-state index in [1.54, 1.807) is 34.2 Å². The van der Waals surface area contributed by atoms with Crippen molar-refractivity contribution in [1.29, 1.82) is 0 Å². The van der Waals surface area contributed by atoms with Crippen LogP contribution in [0.4, 0.5) is 13.2 Å². The van der Waals surface area contributed by atoms with E-state index in [0.717, 1.165) is 4.68 Å². The predicted molar refractivity (Wildman–Crippen MR) is 98.6 cm³/mol. The molecular formula is C19H22F3N5O2. The van der Waals surface area contributed by atoms with Crippen molar-refractivity contribution in [2.45, 2.75) is 31.5 Å². The molecule has 1 fully saturated rings. The maximum Gasteiger partial charge on any atom is 0.435 e. The van der Waals surface area contributed by atoms with Gasteiger partial charge < -0.3 is 9.64 Å². The van der Waals surface area contributed by atoms with E-state index in [2.05, 4.69) is 5.10 Å². The summed E-state index contributed by atoms with van der Waals surface area (Å²) in [6.45, 7) is 1.54. The molecule has 1 aromatic carbocycles. The fourth-order valence-corrected chi connectivity index (χ4v) is 4.06. The highest BCUT2D eigenvalue weighted by molar-refractivity contribution is 5.96. The zero-order chi connectivity index (χ0) is 20.8. The van der Waals surface area contributed by atoms with E-state index in [4.69, 9.17) is 10.6 Å². The smallest absolute Gasteiger partial charge is 0.435 e. The fourth-order valence-electron chi connectivity index (χ4n) is 4.06. The normalized spacial score (nSPS) is 18.8. The van der Waals surface area contributed by atoms with Crippen LogP contribution in [-0.2, 0) is 12.6 Å². The van der Waals surface area contributed by atoms with Crippen LogP contribution in [-0.4, -0.2) is 58.4 Å². The molecule has 2 aromatic rings. The largest absolute Gasteiger partial charge is 0.497 e. The van der Waals surface area contributed by atoms with Crippen molar-refractivity contribution in [3.63, 3.8) is 0 Å². The third-order valence-electron chi connectivity index (χ3n) is 5.57. The van der Waals surface area contributed by atoms with Crippen LogP contribution in [0.25, 0.3) is 5.69 Å². The molecule has 3 heterocycles. The van der Waals surface area contributed by atoms with Gasteiger partial charge in [0.1, 0.15) is 11.4 Å². The number of hydrazine groups is 1. The number of nitrogens with zero attached hydrogens (tertiary/aromatic N) is 4. The zero-order valence-electron chi connectivity index (χ0n) is 15.9. The molecule has 0 aliphatic carbocycles. The van der Waals surface area contributed by atoms with Gasteiger partial charge in [0.2, 0.25) is 0 Å². The maximum absolute atomic E-state index is 13.6. The molecule has 1 amide bonds. The third-order valence-corrected chi connectivity index (χ3v) is 5.57. The van der Waals surface area contributed by atoms with Crippen LogP contribution < -0.4 is 10.6 Å². The Kier molecular flexibility index (Phi) is 4.99. The minimum Gasteiger partial charge on any atom is -0.497 e. The van der Waals surface area contributed by atoms with Crippen molar-refractivity contribution < 1.29 is 22.7 Å². The van der Waals surface area contributed by atoms with Gasteiger partial charge in [0.05, 0.1) is 12.8 Å². The molecule has 1 aromatic heterocycles. The monoisotopic (exact) mass is 409 g/mol. The number of benzene rings is 1. The van der Waals surface area contributed by atoms with Crippen LogP contribution in [0.2, 0.25) is 0 Å².